The van der Waals surface area contributed by atoms with Crippen molar-refractivity contribution < 1.29 is 14.3 Å². The molecule has 0 saturated carbocycles. The second-order valence-corrected chi connectivity index (χ2v) is 4.72. The second kappa shape index (κ2) is 6.29. The van der Waals surface area contributed by atoms with Crippen LogP contribution in [0.2, 0.25) is 0 Å². The predicted molar refractivity (Wildman–Crippen MR) is 69.4 cm³/mol. The fourth-order valence-corrected chi connectivity index (χ4v) is 1.62. The molecule has 0 aromatic carbocycles. The Labute approximate surface area is 115 Å². The van der Waals surface area contributed by atoms with Gasteiger partial charge in [0.25, 0.3) is 0 Å². The van der Waals surface area contributed by atoms with E-state index in [9.17, 15) is 4.79 Å². The molecule has 1 amide bonds. The standard InChI is InChI=1S/C12H17N5O3/c1-8(2)9(7-18)13-11(19)6-17-15-12(14-16-17)10-4-3-5-20-10/h3-5,8-9,18H,6-7H2,1-2H3,(H,13,19). The van der Waals surface area contributed by atoms with Crippen LogP contribution in [0.4, 0.5) is 0 Å². The number of rotatable bonds is 6. The van der Waals surface area contributed by atoms with E-state index in [0.29, 0.717) is 11.6 Å². The van der Waals surface area contributed by atoms with E-state index in [1.807, 2.05) is 13.8 Å². The SMILES string of the molecule is CC(C)C(CO)NC(=O)Cn1nnc(-c2ccco2)n1. The van der Waals surface area contributed by atoms with Crippen LogP contribution in [0.1, 0.15) is 13.8 Å². The minimum atomic E-state index is -0.282. The number of aromatic nitrogens is 4. The van der Waals surface area contributed by atoms with E-state index < -0.39 is 0 Å². The van der Waals surface area contributed by atoms with Crippen LogP contribution in [-0.2, 0) is 11.3 Å². The topological polar surface area (TPSA) is 106 Å². The van der Waals surface area contributed by atoms with Gasteiger partial charge in [-0.3, -0.25) is 4.79 Å². The highest BCUT2D eigenvalue weighted by Gasteiger charge is 2.16. The highest BCUT2D eigenvalue weighted by molar-refractivity contribution is 5.75. The third-order valence-corrected chi connectivity index (χ3v) is 2.83. The van der Waals surface area contributed by atoms with E-state index in [1.54, 1.807) is 12.1 Å². The molecular weight excluding hydrogens is 262 g/mol. The van der Waals surface area contributed by atoms with E-state index in [0.717, 1.165) is 0 Å². The Hall–Kier alpha value is -2.22. The average molecular weight is 279 g/mol. The van der Waals surface area contributed by atoms with Crippen molar-refractivity contribution in [1.29, 1.82) is 0 Å². The number of tetrazole rings is 1. The number of aliphatic hydroxyl groups is 1. The normalized spacial score (nSPS) is 12.6. The molecule has 0 bridgehead atoms. The summed E-state index contributed by atoms with van der Waals surface area (Å²) in [5.41, 5.74) is 0. The van der Waals surface area contributed by atoms with Crippen LogP contribution >= 0.6 is 0 Å². The molecule has 2 rings (SSSR count). The van der Waals surface area contributed by atoms with Crippen LogP contribution in [0.3, 0.4) is 0 Å². The van der Waals surface area contributed by atoms with Crippen LogP contribution in [-0.4, -0.2) is 43.9 Å². The van der Waals surface area contributed by atoms with Gasteiger partial charge >= 0.3 is 0 Å². The van der Waals surface area contributed by atoms with Crippen LogP contribution in [0.15, 0.2) is 22.8 Å². The van der Waals surface area contributed by atoms with Gasteiger partial charge < -0.3 is 14.8 Å². The first kappa shape index (κ1) is 14.2. The molecular formula is C12H17N5O3. The Morgan fingerprint density at radius 3 is 2.95 bits per heavy atom. The van der Waals surface area contributed by atoms with Crippen molar-refractivity contribution in [3.05, 3.63) is 18.4 Å². The Morgan fingerprint density at radius 2 is 2.35 bits per heavy atom. The molecule has 0 saturated heterocycles. The van der Waals surface area contributed by atoms with Gasteiger partial charge in [-0.05, 0) is 23.3 Å². The maximum atomic E-state index is 11.8. The molecule has 0 spiro atoms. The molecule has 0 radical (unpaired) electrons. The van der Waals surface area contributed by atoms with Gasteiger partial charge in [0, 0.05) is 0 Å². The van der Waals surface area contributed by atoms with Gasteiger partial charge in [-0.2, -0.15) is 4.80 Å². The lowest BCUT2D eigenvalue weighted by Crippen LogP contribution is -2.42. The molecule has 0 fully saturated rings. The molecule has 0 aliphatic heterocycles. The molecule has 1 atom stereocenters. The smallest absolute Gasteiger partial charge is 0.243 e. The third-order valence-electron chi connectivity index (χ3n) is 2.83. The first-order chi connectivity index (χ1) is 9.60. The van der Waals surface area contributed by atoms with Crippen LogP contribution in [0, 0.1) is 5.92 Å². The first-order valence-corrected chi connectivity index (χ1v) is 6.32. The molecule has 1 unspecified atom stereocenters. The van der Waals surface area contributed by atoms with E-state index in [-0.39, 0.29) is 31.0 Å². The number of nitrogens with one attached hydrogen (secondary N) is 1. The Bertz CT molecular complexity index is 549. The monoisotopic (exact) mass is 279 g/mol. The number of carbonyl (C=O) groups is 1. The molecule has 2 aromatic rings. The van der Waals surface area contributed by atoms with Crippen LogP contribution in [0.25, 0.3) is 11.6 Å². The van der Waals surface area contributed by atoms with Gasteiger partial charge in [-0.15, -0.1) is 10.2 Å². The summed E-state index contributed by atoms with van der Waals surface area (Å²) in [7, 11) is 0. The van der Waals surface area contributed by atoms with Gasteiger partial charge in [-0.25, -0.2) is 0 Å². The molecule has 108 valence electrons. The minimum absolute atomic E-state index is 0.0586. The van der Waals surface area contributed by atoms with Gasteiger partial charge in [0.05, 0.1) is 18.9 Å². The summed E-state index contributed by atoms with van der Waals surface area (Å²) < 4.78 is 5.14. The molecule has 0 aliphatic rings. The van der Waals surface area contributed by atoms with Crippen molar-refractivity contribution in [3.8, 4) is 11.6 Å². The number of aliphatic hydroxyl groups excluding tert-OH is 1. The van der Waals surface area contributed by atoms with Gasteiger partial charge in [0.15, 0.2) is 5.76 Å². The van der Waals surface area contributed by atoms with Crippen LogP contribution < -0.4 is 5.32 Å². The largest absolute Gasteiger partial charge is 0.461 e. The van der Waals surface area contributed by atoms with Crippen molar-refractivity contribution in [2.45, 2.75) is 26.4 Å². The number of hydrogen-bond acceptors (Lipinski definition) is 6. The van der Waals surface area contributed by atoms with Crippen molar-refractivity contribution in [2.75, 3.05) is 6.61 Å². The number of furan rings is 1. The summed E-state index contributed by atoms with van der Waals surface area (Å²) >= 11 is 0. The van der Waals surface area contributed by atoms with E-state index in [2.05, 4.69) is 20.7 Å². The van der Waals surface area contributed by atoms with E-state index >= 15 is 0 Å². The number of amides is 1. The fraction of sp³-hybridized carbons (Fsp3) is 0.500. The summed E-state index contributed by atoms with van der Waals surface area (Å²) in [5.74, 6) is 0.685. The summed E-state index contributed by atoms with van der Waals surface area (Å²) in [6, 6.07) is 3.15. The lowest BCUT2D eigenvalue weighted by molar-refractivity contribution is -0.123. The quantitative estimate of drug-likeness (QED) is 0.775. The Kier molecular flexibility index (Phi) is 4.46. The second-order valence-electron chi connectivity index (χ2n) is 4.72. The van der Waals surface area contributed by atoms with Crippen molar-refractivity contribution in [2.24, 2.45) is 5.92 Å². The molecule has 2 aromatic heterocycles. The Balaban J connectivity index is 1.95. The Morgan fingerprint density at radius 1 is 1.55 bits per heavy atom. The molecule has 0 aliphatic carbocycles. The molecule has 2 N–H and O–H groups in total. The zero-order valence-corrected chi connectivity index (χ0v) is 11.4. The van der Waals surface area contributed by atoms with Gasteiger partial charge in [-0.1, -0.05) is 13.8 Å². The lowest BCUT2D eigenvalue weighted by atomic mass is 10.1. The third kappa shape index (κ3) is 3.41. The summed E-state index contributed by atoms with van der Waals surface area (Å²) in [4.78, 5) is 13.0. The van der Waals surface area contributed by atoms with Crippen molar-refractivity contribution >= 4 is 5.91 Å². The number of carbonyl (C=O) groups excluding carboxylic acids is 1. The average Bonchev–Trinajstić information content (AvgIpc) is 3.05. The summed E-state index contributed by atoms with van der Waals surface area (Å²) in [5, 5.41) is 23.5. The minimum Gasteiger partial charge on any atom is -0.461 e. The summed E-state index contributed by atoms with van der Waals surface area (Å²) in [6.45, 7) is 3.68. The highest BCUT2D eigenvalue weighted by atomic mass is 16.3. The fourth-order valence-electron chi connectivity index (χ4n) is 1.62. The van der Waals surface area contributed by atoms with E-state index in [4.69, 9.17) is 9.52 Å². The first-order valence-electron chi connectivity index (χ1n) is 6.32. The molecule has 8 heteroatoms. The van der Waals surface area contributed by atoms with Gasteiger partial charge in [0.2, 0.25) is 11.7 Å². The lowest BCUT2D eigenvalue weighted by Gasteiger charge is -2.19. The predicted octanol–water partition coefficient (Wildman–Crippen LogP) is 0.0662. The molecule has 2 heterocycles. The van der Waals surface area contributed by atoms with Crippen LogP contribution in [0.5, 0.6) is 0 Å². The molecule has 8 nitrogen and oxygen atoms in total. The highest BCUT2D eigenvalue weighted by Crippen LogP contribution is 2.12. The van der Waals surface area contributed by atoms with Crippen molar-refractivity contribution in [3.63, 3.8) is 0 Å². The zero-order valence-electron chi connectivity index (χ0n) is 11.4. The van der Waals surface area contributed by atoms with Crippen molar-refractivity contribution in [1.82, 2.24) is 25.5 Å². The number of nitrogens with zero attached hydrogens (tertiary/aromatic N) is 4. The maximum Gasteiger partial charge on any atom is 0.243 e. The van der Waals surface area contributed by atoms with Gasteiger partial charge in [0.1, 0.15) is 6.54 Å². The zero-order chi connectivity index (χ0) is 14.5. The van der Waals surface area contributed by atoms with E-state index in [1.165, 1.54) is 11.1 Å². The molecule has 20 heavy (non-hydrogen) atoms. The number of hydrogen-bond donors (Lipinski definition) is 2. The maximum absolute atomic E-state index is 11.8. The summed E-state index contributed by atoms with van der Waals surface area (Å²) in [6.07, 6.45) is 1.51.